The molecule has 1 fully saturated rings. The highest BCUT2D eigenvalue weighted by Crippen LogP contribution is 2.31. The molecule has 0 saturated carbocycles. The van der Waals surface area contributed by atoms with Crippen LogP contribution in [0.15, 0.2) is 48.5 Å². The fourth-order valence-electron chi connectivity index (χ4n) is 2.99. The lowest BCUT2D eigenvalue weighted by molar-refractivity contribution is -0.137. The highest BCUT2D eigenvalue weighted by molar-refractivity contribution is 6.04. The molecule has 0 spiro atoms. The molecule has 1 aliphatic heterocycles. The van der Waals surface area contributed by atoms with Crippen LogP contribution in [0.2, 0.25) is 0 Å². The molecule has 0 bridgehead atoms. The molecule has 1 heterocycles. The third kappa shape index (κ3) is 5.96. The third-order valence-electron chi connectivity index (χ3n) is 4.49. The van der Waals surface area contributed by atoms with Gasteiger partial charge in [-0.3, -0.25) is 9.59 Å². The Morgan fingerprint density at radius 1 is 1.13 bits per heavy atom. The predicted octanol–water partition coefficient (Wildman–Crippen LogP) is 3.63. The van der Waals surface area contributed by atoms with Crippen molar-refractivity contribution in [2.45, 2.75) is 25.1 Å². The van der Waals surface area contributed by atoms with E-state index in [1.165, 1.54) is 12.1 Å². The molecule has 0 aliphatic carbocycles. The summed E-state index contributed by atoms with van der Waals surface area (Å²) in [6, 6.07) is 10.7. The third-order valence-corrected chi connectivity index (χ3v) is 4.49. The number of nitrogens with one attached hydrogen (secondary N) is 2. The van der Waals surface area contributed by atoms with Gasteiger partial charge in [0.1, 0.15) is 5.75 Å². The Balaban J connectivity index is 1.57. The molecule has 30 heavy (non-hydrogen) atoms. The first-order valence-electron chi connectivity index (χ1n) is 9.41. The van der Waals surface area contributed by atoms with Crippen LogP contribution in [0.25, 0.3) is 0 Å². The largest absolute Gasteiger partial charge is 0.484 e. The molecule has 2 N–H and O–H groups in total. The summed E-state index contributed by atoms with van der Waals surface area (Å²) in [4.78, 5) is 24.7. The van der Waals surface area contributed by atoms with Crippen LogP contribution in [-0.2, 0) is 15.7 Å². The quantitative estimate of drug-likeness (QED) is 0.715. The van der Waals surface area contributed by atoms with E-state index >= 15 is 0 Å². The summed E-state index contributed by atoms with van der Waals surface area (Å²) in [6.45, 7) is 0.548. The number of ether oxygens (including phenoxy) is 2. The smallest absolute Gasteiger partial charge is 0.416 e. The minimum Gasteiger partial charge on any atom is -0.484 e. The fraction of sp³-hybridized carbons (Fsp3) is 0.333. The average Bonchev–Trinajstić information content (AvgIpc) is 3.24. The topological polar surface area (TPSA) is 76.7 Å². The standard InChI is InChI=1S/C21H21F3N2O4/c22-21(23,24)14-5-3-6-15(11-14)30-13-19(27)26-18-9-2-1-8-17(18)20(28)25-12-16-7-4-10-29-16/h1-3,5-6,8-9,11,16H,4,7,10,12-13H2,(H,25,28)(H,26,27)/t16-/m1/s1. The number of halogens is 3. The molecule has 2 aromatic rings. The fourth-order valence-corrected chi connectivity index (χ4v) is 2.99. The Morgan fingerprint density at radius 3 is 2.67 bits per heavy atom. The van der Waals surface area contributed by atoms with E-state index in [0.717, 1.165) is 25.0 Å². The lowest BCUT2D eigenvalue weighted by atomic mass is 10.1. The number of hydrogen-bond acceptors (Lipinski definition) is 4. The highest BCUT2D eigenvalue weighted by Gasteiger charge is 2.30. The SMILES string of the molecule is O=C(COc1cccc(C(F)(F)F)c1)Nc1ccccc1C(=O)NC[C@H]1CCCO1. The van der Waals surface area contributed by atoms with Gasteiger partial charge in [-0.05, 0) is 43.2 Å². The van der Waals surface area contributed by atoms with E-state index in [4.69, 9.17) is 9.47 Å². The number of hydrogen-bond donors (Lipinski definition) is 2. The van der Waals surface area contributed by atoms with Crippen molar-refractivity contribution in [3.63, 3.8) is 0 Å². The van der Waals surface area contributed by atoms with E-state index < -0.39 is 24.3 Å². The second-order valence-electron chi connectivity index (χ2n) is 6.75. The normalized spacial score (nSPS) is 16.2. The molecular weight excluding hydrogens is 401 g/mol. The van der Waals surface area contributed by atoms with Gasteiger partial charge in [0.05, 0.1) is 22.9 Å². The number of alkyl halides is 3. The Hall–Kier alpha value is -3.07. The van der Waals surface area contributed by atoms with Crippen molar-refractivity contribution in [3.05, 3.63) is 59.7 Å². The van der Waals surface area contributed by atoms with Gasteiger partial charge in [-0.1, -0.05) is 18.2 Å². The first-order chi connectivity index (χ1) is 14.3. The lowest BCUT2D eigenvalue weighted by Crippen LogP contribution is -2.32. The van der Waals surface area contributed by atoms with Gasteiger partial charge >= 0.3 is 6.18 Å². The summed E-state index contributed by atoms with van der Waals surface area (Å²) < 4.78 is 48.9. The number of para-hydroxylation sites is 1. The van der Waals surface area contributed by atoms with E-state index in [1.54, 1.807) is 24.3 Å². The zero-order valence-corrected chi connectivity index (χ0v) is 16.0. The molecule has 2 amide bonds. The van der Waals surface area contributed by atoms with E-state index in [1.807, 2.05) is 0 Å². The van der Waals surface area contributed by atoms with Gasteiger partial charge in [0, 0.05) is 13.2 Å². The summed E-state index contributed by atoms with van der Waals surface area (Å²) in [5.41, 5.74) is -0.323. The molecule has 2 aromatic carbocycles. The van der Waals surface area contributed by atoms with Gasteiger partial charge in [0.15, 0.2) is 6.61 Å². The molecule has 0 unspecified atom stereocenters. The zero-order valence-electron chi connectivity index (χ0n) is 16.0. The minimum atomic E-state index is -4.50. The van der Waals surface area contributed by atoms with Gasteiger partial charge in [0.2, 0.25) is 0 Å². The second-order valence-corrected chi connectivity index (χ2v) is 6.75. The van der Waals surface area contributed by atoms with Crippen LogP contribution in [0, 0.1) is 0 Å². The molecule has 9 heteroatoms. The van der Waals surface area contributed by atoms with Gasteiger partial charge in [0.25, 0.3) is 11.8 Å². The summed E-state index contributed by atoms with van der Waals surface area (Å²) in [5.74, 6) is -1.05. The van der Waals surface area contributed by atoms with Crippen molar-refractivity contribution >= 4 is 17.5 Å². The molecule has 0 radical (unpaired) electrons. The van der Waals surface area contributed by atoms with Gasteiger partial charge < -0.3 is 20.1 Å². The van der Waals surface area contributed by atoms with Crippen LogP contribution in [0.4, 0.5) is 18.9 Å². The number of rotatable bonds is 7. The molecule has 1 saturated heterocycles. The number of benzene rings is 2. The maximum absolute atomic E-state index is 12.8. The zero-order chi connectivity index (χ0) is 21.6. The van der Waals surface area contributed by atoms with Crippen molar-refractivity contribution < 1.29 is 32.2 Å². The Morgan fingerprint density at radius 2 is 1.93 bits per heavy atom. The van der Waals surface area contributed by atoms with Crippen molar-refractivity contribution in [2.24, 2.45) is 0 Å². The van der Waals surface area contributed by atoms with E-state index in [9.17, 15) is 22.8 Å². The second kappa shape index (κ2) is 9.62. The lowest BCUT2D eigenvalue weighted by Gasteiger charge is -2.14. The van der Waals surface area contributed by atoms with Crippen molar-refractivity contribution in [1.82, 2.24) is 5.32 Å². The Bertz CT molecular complexity index is 896. The average molecular weight is 422 g/mol. The summed E-state index contributed by atoms with van der Waals surface area (Å²) in [5, 5.41) is 5.34. The maximum Gasteiger partial charge on any atom is 0.416 e. The van der Waals surface area contributed by atoms with Crippen LogP contribution < -0.4 is 15.4 Å². The van der Waals surface area contributed by atoms with Gasteiger partial charge in [-0.25, -0.2) is 0 Å². The number of carbonyl (C=O) groups excluding carboxylic acids is 2. The first kappa shape index (κ1) is 21.6. The molecule has 1 aliphatic rings. The Kier molecular flexibility index (Phi) is 6.94. The molecule has 6 nitrogen and oxygen atoms in total. The van der Waals surface area contributed by atoms with Crippen LogP contribution >= 0.6 is 0 Å². The number of anilines is 1. The van der Waals surface area contributed by atoms with Crippen LogP contribution in [0.1, 0.15) is 28.8 Å². The van der Waals surface area contributed by atoms with Gasteiger partial charge in [-0.15, -0.1) is 0 Å². The number of carbonyl (C=O) groups is 2. The monoisotopic (exact) mass is 422 g/mol. The number of amides is 2. The van der Waals surface area contributed by atoms with E-state index in [2.05, 4.69) is 10.6 Å². The molecule has 0 aromatic heterocycles. The minimum absolute atomic E-state index is 0.0171. The highest BCUT2D eigenvalue weighted by atomic mass is 19.4. The van der Waals surface area contributed by atoms with Crippen molar-refractivity contribution in [3.8, 4) is 5.75 Å². The van der Waals surface area contributed by atoms with Crippen molar-refractivity contribution in [2.75, 3.05) is 25.1 Å². The summed E-state index contributed by atoms with van der Waals surface area (Å²) >= 11 is 0. The summed E-state index contributed by atoms with van der Waals surface area (Å²) in [7, 11) is 0. The van der Waals surface area contributed by atoms with Crippen LogP contribution in [0.3, 0.4) is 0 Å². The van der Waals surface area contributed by atoms with E-state index in [-0.39, 0.29) is 29.0 Å². The molecule has 1 atom stereocenters. The maximum atomic E-state index is 12.8. The van der Waals surface area contributed by atoms with Crippen LogP contribution in [0.5, 0.6) is 5.75 Å². The van der Waals surface area contributed by atoms with E-state index in [0.29, 0.717) is 13.2 Å². The predicted molar refractivity (Wildman–Crippen MR) is 103 cm³/mol. The molecule has 3 rings (SSSR count). The first-order valence-corrected chi connectivity index (χ1v) is 9.41. The summed E-state index contributed by atoms with van der Waals surface area (Å²) in [6.07, 6.45) is -2.68. The molecular formula is C21H21F3N2O4. The van der Waals surface area contributed by atoms with Crippen molar-refractivity contribution in [1.29, 1.82) is 0 Å². The van der Waals surface area contributed by atoms with Crippen LogP contribution in [-0.4, -0.2) is 37.7 Å². The molecule has 160 valence electrons. The Labute approximate surface area is 171 Å². The van der Waals surface area contributed by atoms with Gasteiger partial charge in [-0.2, -0.15) is 13.2 Å².